The number of amides is 1. The first kappa shape index (κ1) is 14.0. The van der Waals surface area contributed by atoms with Gasteiger partial charge in [-0.1, -0.05) is 12.1 Å². The predicted molar refractivity (Wildman–Crippen MR) is 69.9 cm³/mol. The topological polar surface area (TPSA) is 69.8 Å². The summed E-state index contributed by atoms with van der Waals surface area (Å²) in [5.74, 6) is 0.204. The van der Waals surface area contributed by atoms with Crippen LogP contribution in [0.3, 0.4) is 0 Å². The van der Waals surface area contributed by atoms with Crippen LogP contribution >= 0.6 is 0 Å². The highest BCUT2D eigenvalue weighted by Crippen LogP contribution is 2.10. The van der Waals surface area contributed by atoms with Crippen LogP contribution in [0.4, 0.5) is 0 Å². The van der Waals surface area contributed by atoms with E-state index in [0.717, 1.165) is 19.5 Å². The van der Waals surface area contributed by atoms with Gasteiger partial charge in [0.05, 0.1) is 11.8 Å². The SMILES string of the molecule is CC[C@@H](O)CN1CCN(C(=O)c2cc(C)no2)CC1. The third kappa shape index (κ3) is 3.54. The molecule has 19 heavy (non-hydrogen) atoms. The lowest BCUT2D eigenvalue weighted by atomic mass is 10.2. The molecular weight excluding hydrogens is 246 g/mol. The van der Waals surface area contributed by atoms with Gasteiger partial charge in [-0.2, -0.15) is 0 Å². The van der Waals surface area contributed by atoms with Crippen molar-refractivity contribution in [1.29, 1.82) is 0 Å². The Morgan fingerprint density at radius 3 is 2.68 bits per heavy atom. The van der Waals surface area contributed by atoms with Gasteiger partial charge in [0.15, 0.2) is 0 Å². The number of nitrogens with zero attached hydrogens (tertiary/aromatic N) is 3. The minimum atomic E-state index is -0.279. The number of β-amino-alcohol motifs (C(OH)–C–C–N with tert-alkyl or cyclic N) is 1. The maximum Gasteiger partial charge on any atom is 0.292 e. The van der Waals surface area contributed by atoms with Crippen LogP contribution < -0.4 is 0 Å². The number of aliphatic hydroxyl groups is 1. The first-order valence-corrected chi connectivity index (χ1v) is 6.73. The standard InChI is InChI=1S/C13H21N3O3/c1-3-11(17)9-15-4-6-16(7-5-15)13(18)12-8-10(2)14-19-12/h8,11,17H,3-7,9H2,1-2H3/t11-/m1/s1. The number of rotatable bonds is 4. The van der Waals surface area contributed by atoms with Crippen LogP contribution in [0.25, 0.3) is 0 Å². The fourth-order valence-electron chi connectivity index (χ4n) is 2.18. The molecule has 0 unspecified atom stereocenters. The van der Waals surface area contributed by atoms with Crippen molar-refractivity contribution in [3.63, 3.8) is 0 Å². The number of aromatic nitrogens is 1. The van der Waals surface area contributed by atoms with Crippen LogP contribution in [0.1, 0.15) is 29.6 Å². The summed E-state index contributed by atoms with van der Waals surface area (Å²) in [7, 11) is 0. The van der Waals surface area contributed by atoms with Gasteiger partial charge >= 0.3 is 0 Å². The van der Waals surface area contributed by atoms with Crippen molar-refractivity contribution in [2.45, 2.75) is 26.4 Å². The second-order valence-electron chi connectivity index (χ2n) is 4.99. The van der Waals surface area contributed by atoms with E-state index in [-0.39, 0.29) is 12.0 Å². The van der Waals surface area contributed by atoms with E-state index >= 15 is 0 Å². The number of carbonyl (C=O) groups is 1. The van der Waals surface area contributed by atoms with E-state index < -0.39 is 0 Å². The van der Waals surface area contributed by atoms with Crippen LogP contribution in [0.5, 0.6) is 0 Å². The molecule has 2 rings (SSSR count). The summed E-state index contributed by atoms with van der Waals surface area (Å²) in [5.41, 5.74) is 0.716. The summed E-state index contributed by atoms with van der Waals surface area (Å²) in [6.07, 6.45) is 0.482. The van der Waals surface area contributed by atoms with E-state index in [1.165, 1.54) is 0 Å². The van der Waals surface area contributed by atoms with Crippen molar-refractivity contribution in [2.75, 3.05) is 32.7 Å². The van der Waals surface area contributed by atoms with Gasteiger partial charge in [-0.15, -0.1) is 0 Å². The lowest BCUT2D eigenvalue weighted by Crippen LogP contribution is -2.50. The Labute approximate surface area is 113 Å². The van der Waals surface area contributed by atoms with Gasteiger partial charge < -0.3 is 14.5 Å². The zero-order valence-electron chi connectivity index (χ0n) is 11.5. The smallest absolute Gasteiger partial charge is 0.292 e. The van der Waals surface area contributed by atoms with Crippen molar-refractivity contribution < 1.29 is 14.4 Å². The normalized spacial score (nSPS) is 18.6. The summed E-state index contributed by atoms with van der Waals surface area (Å²) in [6, 6.07) is 1.66. The largest absolute Gasteiger partial charge is 0.392 e. The second-order valence-corrected chi connectivity index (χ2v) is 4.99. The lowest BCUT2D eigenvalue weighted by molar-refractivity contribution is 0.0493. The van der Waals surface area contributed by atoms with E-state index in [2.05, 4.69) is 10.1 Å². The number of hydrogen-bond donors (Lipinski definition) is 1. The molecule has 0 aliphatic carbocycles. The van der Waals surface area contributed by atoms with Crippen LogP contribution in [0.15, 0.2) is 10.6 Å². The molecule has 6 nitrogen and oxygen atoms in total. The van der Waals surface area contributed by atoms with Gasteiger partial charge in [0.2, 0.25) is 5.76 Å². The minimum Gasteiger partial charge on any atom is -0.392 e. The highest BCUT2D eigenvalue weighted by atomic mass is 16.5. The quantitative estimate of drug-likeness (QED) is 0.861. The Bertz CT molecular complexity index is 425. The van der Waals surface area contributed by atoms with Crippen LogP contribution in [-0.4, -0.2) is 64.8 Å². The summed E-state index contributed by atoms with van der Waals surface area (Å²) >= 11 is 0. The summed E-state index contributed by atoms with van der Waals surface area (Å²) < 4.78 is 4.99. The third-order valence-corrected chi connectivity index (χ3v) is 3.44. The third-order valence-electron chi connectivity index (χ3n) is 3.44. The zero-order valence-corrected chi connectivity index (χ0v) is 11.5. The molecule has 106 valence electrons. The van der Waals surface area contributed by atoms with E-state index in [4.69, 9.17) is 4.52 Å². The maximum absolute atomic E-state index is 12.1. The van der Waals surface area contributed by atoms with Crippen LogP contribution in [0.2, 0.25) is 0 Å². The van der Waals surface area contributed by atoms with E-state index in [9.17, 15) is 9.90 Å². The second kappa shape index (κ2) is 6.16. The molecule has 1 amide bonds. The molecule has 1 fully saturated rings. The van der Waals surface area contributed by atoms with Gasteiger partial charge in [0.25, 0.3) is 5.91 Å². The van der Waals surface area contributed by atoms with Crippen molar-refractivity contribution in [1.82, 2.24) is 15.0 Å². The number of aryl methyl sites for hydroxylation is 1. The molecule has 1 aliphatic rings. The first-order valence-electron chi connectivity index (χ1n) is 6.73. The predicted octanol–water partition coefficient (Wildman–Crippen LogP) is 0.512. The molecule has 1 atom stereocenters. The molecule has 1 aromatic rings. The molecule has 1 saturated heterocycles. The molecule has 1 aromatic heterocycles. The lowest BCUT2D eigenvalue weighted by Gasteiger charge is -2.35. The van der Waals surface area contributed by atoms with E-state index in [0.29, 0.717) is 31.1 Å². The Hall–Kier alpha value is -1.40. The Kier molecular flexibility index (Phi) is 4.55. The molecule has 1 N–H and O–H groups in total. The van der Waals surface area contributed by atoms with Gasteiger partial charge in [-0.3, -0.25) is 9.69 Å². The van der Waals surface area contributed by atoms with Crippen molar-refractivity contribution in [3.8, 4) is 0 Å². The van der Waals surface area contributed by atoms with Crippen molar-refractivity contribution in [3.05, 3.63) is 17.5 Å². The summed E-state index contributed by atoms with van der Waals surface area (Å²) in [5, 5.41) is 13.4. The van der Waals surface area contributed by atoms with Gasteiger partial charge in [0, 0.05) is 38.8 Å². The van der Waals surface area contributed by atoms with E-state index in [1.54, 1.807) is 17.9 Å². The summed E-state index contributed by atoms with van der Waals surface area (Å²) in [6.45, 7) is 7.34. The molecule has 0 radical (unpaired) electrons. The van der Waals surface area contributed by atoms with E-state index in [1.807, 2.05) is 6.92 Å². The highest BCUT2D eigenvalue weighted by molar-refractivity contribution is 5.91. The van der Waals surface area contributed by atoms with Gasteiger partial charge in [-0.05, 0) is 13.3 Å². The molecule has 6 heteroatoms. The number of hydrogen-bond acceptors (Lipinski definition) is 5. The highest BCUT2D eigenvalue weighted by Gasteiger charge is 2.25. The van der Waals surface area contributed by atoms with Crippen molar-refractivity contribution in [2.24, 2.45) is 0 Å². The van der Waals surface area contributed by atoms with Crippen molar-refractivity contribution >= 4 is 5.91 Å². The molecule has 0 aromatic carbocycles. The molecule has 2 heterocycles. The number of piperazine rings is 1. The number of carbonyl (C=O) groups excluding carboxylic acids is 1. The van der Waals surface area contributed by atoms with Crippen LogP contribution in [-0.2, 0) is 0 Å². The Morgan fingerprint density at radius 2 is 2.16 bits per heavy atom. The fraction of sp³-hybridized carbons (Fsp3) is 0.692. The molecule has 1 aliphatic heterocycles. The summed E-state index contributed by atoms with van der Waals surface area (Å²) in [4.78, 5) is 16.1. The zero-order chi connectivity index (χ0) is 13.8. The Balaban J connectivity index is 1.84. The Morgan fingerprint density at radius 1 is 1.47 bits per heavy atom. The fourth-order valence-corrected chi connectivity index (χ4v) is 2.18. The average molecular weight is 267 g/mol. The van der Waals surface area contributed by atoms with Gasteiger partial charge in [-0.25, -0.2) is 0 Å². The average Bonchev–Trinajstić information content (AvgIpc) is 2.85. The number of aliphatic hydroxyl groups excluding tert-OH is 1. The molecular formula is C13H21N3O3. The monoisotopic (exact) mass is 267 g/mol. The maximum atomic E-state index is 12.1. The molecule has 0 bridgehead atoms. The van der Waals surface area contributed by atoms with Crippen LogP contribution in [0, 0.1) is 6.92 Å². The van der Waals surface area contributed by atoms with Gasteiger partial charge in [0.1, 0.15) is 0 Å². The minimum absolute atomic E-state index is 0.101. The molecule has 0 saturated carbocycles. The molecule has 0 spiro atoms. The first-order chi connectivity index (χ1) is 9.10.